The lowest BCUT2D eigenvalue weighted by molar-refractivity contribution is 0.0945. The minimum absolute atomic E-state index is 0.0624. The van der Waals surface area contributed by atoms with E-state index >= 15 is 0 Å². The summed E-state index contributed by atoms with van der Waals surface area (Å²) in [4.78, 5) is 18.9. The number of benzene rings is 1. The fourth-order valence-corrected chi connectivity index (χ4v) is 3.74. The molecule has 0 saturated heterocycles. The van der Waals surface area contributed by atoms with E-state index in [0.29, 0.717) is 12.1 Å². The molecular weight excluding hydrogens is 364 g/mol. The first-order valence-corrected chi connectivity index (χ1v) is 9.95. The SMILES string of the molecule is CN1CC=C(c2ccnc3c2ccn3Cc2ccc(C(=O)NCCO)cc2)CC1. The fourth-order valence-electron chi connectivity index (χ4n) is 3.74. The van der Waals surface area contributed by atoms with Gasteiger partial charge in [0.15, 0.2) is 0 Å². The minimum Gasteiger partial charge on any atom is -0.395 e. The Kier molecular flexibility index (Phi) is 5.74. The maximum atomic E-state index is 12.0. The zero-order chi connectivity index (χ0) is 20.2. The van der Waals surface area contributed by atoms with Crippen molar-refractivity contribution in [3.63, 3.8) is 0 Å². The van der Waals surface area contributed by atoms with Crippen molar-refractivity contribution in [2.75, 3.05) is 33.3 Å². The highest BCUT2D eigenvalue weighted by Gasteiger charge is 2.14. The lowest BCUT2D eigenvalue weighted by Crippen LogP contribution is -2.26. The Balaban J connectivity index is 1.55. The summed E-state index contributed by atoms with van der Waals surface area (Å²) in [5, 5.41) is 12.7. The summed E-state index contributed by atoms with van der Waals surface area (Å²) in [6.07, 6.45) is 7.34. The number of likely N-dealkylation sites (N-methyl/N-ethyl adjacent to an activating group) is 1. The summed E-state index contributed by atoms with van der Waals surface area (Å²) in [5.74, 6) is -0.172. The zero-order valence-electron chi connectivity index (χ0n) is 16.6. The molecule has 29 heavy (non-hydrogen) atoms. The predicted octanol–water partition coefficient (Wildman–Crippen LogP) is 2.53. The second-order valence-corrected chi connectivity index (χ2v) is 7.46. The average Bonchev–Trinajstić information content (AvgIpc) is 3.16. The molecule has 0 fully saturated rings. The van der Waals surface area contributed by atoms with Gasteiger partial charge in [-0.3, -0.25) is 4.79 Å². The molecule has 2 N–H and O–H groups in total. The standard InChI is InChI=1S/C23H26N4O2/c1-26-12-7-18(8-13-26)20-6-10-24-22-21(20)9-14-27(22)16-17-2-4-19(5-3-17)23(29)25-11-15-28/h2-7,9-10,14,28H,8,11-13,15-16H2,1H3,(H,25,29). The fraction of sp³-hybridized carbons (Fsp3) is 0.304. The van der Waals surface area contributed by atoms with Crippen molar-refractivity contribution in [3.8, 4) is 0 Å². The van der Waals surface area contributed by atoms with E-state index in [2.05, 4.69) is 51.2 Å². The normalized spacial score (nSPS) is 14.8. The van der Waals surface area contributed by atoms with Crippen molar-refractivity contribution in [2.45, 2.75) is 13.0 Å². The highest BCUT2D eigenvalue weighted by atomic mass is 16.3. The topological polar surface area (TPSA) is 70.4 Å². The average molecular weight is 390 g/mol. The number of nitrogens with one attached hydrogen (secondary N) is 1. The van der Waals surface area contributed by atoms with Crippen LogP contribution >= 0.6 is 0 Å². The largest absolute Gasteiger partial charge is 0.395 e. The molecule has 0 saturated carbocycles. The molecule has 0 bridgehead atoms. The van der Waals surface area contributed by atoms with E-state index in [1.807, 2.05) is 30.5 Å². The number of hydrogen-bond donors (Lipinski definition) is 2. The summed E-state index contributed by atoms with van der Waals surface area (Å²) in [7, 11) is 2.15. The first-order valence-electron chi connectivity index (χ1n) is 9.95. The molecule has 150 valence electrons. The Hall–Kier alpha value is -2.96. The van der Waals surface area contributed by atoms with Crippen LogP contribution in [0.25, 0.3) is 16.6 Å². The van der Waals surface area contributed by atoms with E-state index in [1.165, 1.54) is 16.5 Å². The molecule has 1 amide bonds. The monoisotopic (exact) mass is 390 g/mol. The van der Waals surface area contributed by atoms with Crippen molar-refractivity contribution in [2.24, 2.45) is 0 Å². The number of carbonyl (C=O) groups excluding carboxylic acids is 1. The number of nitrogens with zero attached hydrogens (tertiary/aromatic N) is 3. The van der Waals surface area contributed by atoms with Crippen LogP contribution in [-0.4, -0.2) is 58.8 Å². The molecule has 1 aliphatic rings. The van der Waals surface area contributed by atoms with Crippen LogP contribution in [0.4, 0.5) is 0 Å². The quantitative estimate of drug-likeness (QED) is 0.679. The Morgan fingerprint density at radius 3 is 2.76 bits per heavy atom. The van der Waals surface area contributed by atoms with Crippen LogP contribution in [-0.2, 0) is 6.54 Å². The number of aliphatic hydroxyl groups excluding tert-OH is 1. The van der Waals surface area contributed by atoms with Crippen LogP contribution in [0.2, 0.25) is 0 Å². The number of pyridine rings is 1. The van der Waals surface area contributed by atoms with Crippen LogP contribution in [0.1, 0.15) is 27.9 Å². The maximum Gasteiger partial charge on any atom is 0.251 e. The molecule has 2 aromatic heterocycles. The Bertz CT molecular complexity index is 1040. The van der Waals surface area contributed by atoms with Gasteiger partial charge < -0.3 is 19.9 Å². The maximum absolute atomic E-state index is 12.0. The van der Waals surface area contributed by atoms with Crippen molar-refractivity contribution in [1.29, 1.82) is 0 Å². The van der Waals surface area contributed by atoms with Crippen LogP contribution in [0.15, 0.2) is 54.9 Å². The molecule has 0 atom stereocenters. The van der Waals surface area contributed by atoms with E-state index in [4.69, 9.17) is 5.11 Å². The van der Waals surface area contributed by atoms with Crippen molar-refractivity contribution >= 4 is 22.5 Å². The Morgan fingerprint density at radius 2 is 2.03 bits per heavy atom. The lowest BCUT2D eigenvalue weighted by Gasteiger charge is -2.22. The van der Waals surface area contributed by atoms with E-state index in [9.17, 15) is 4.79 Å². The minimum atomic E-state index is -0.172. The molecule has 6 nitrogen and oxygen atoms in total. The molecule has 6 heteroatoms. The van der Waals surface area contributed by atoms with Crippen LogP contribution in [0.5, 0.6) is 0 Å². The van der Waals surface area contributed by atoms with Gasteiger partial charge in [0.25, 0.3) is 5.91 Å². The Morgan fingerprint density at radius 1 is 1.21 bits per heavy atom. The van der Waals surface area contributed by atoms with E-state index in [0.717, 1.165) is 30.7 Å². The smallest absolute Gasteiger partial charge is 0.251 e. The van der Waals surface area contributed by atoms with Crippen LogP contribution in [0, 0.1) is 0 Å². The molecule has 3 aromatic rings. The number of aromatic nitrogens is 2. The van der Waals surface area contributed by atoms with Gasteiger partial charge in [-0.1, -0.05) is 18.2 Å². The number of carbonyl (C=O) groups is 1. The summed E-state index contributed by atoms with van der Waals surface area (Å²) < 4.78 is 2.15. The third-order valence-corrected chi connectivity index (χ3v) is 5.39. The van der Waals surface area contributed by atoms with E-state index < -0.39 is 0 Å². The molecule has 0 radical (unpaired) electrons. The van der Waals surface area contributed by atoms with E-state index in [-0.39, 0.29) is 19.1 Å². The number of amides is 1. The van der Waals surface area contributed by atoms with Gasteiger partial charge in [-0.05, 0) is 54.4 Å². The van der Waals surface area contributed by atoms with Gasteiger partial charge in [0.2, 0.25) is 0 Å². The van der Waals surface area contributed by atoms with Gasteiger partial charge in [-0.2, -0.15) is 0 Å². The summed E-state index contributed by atoms with van der Waals surface area (Å²) in [6, 6.07) is 11.8. The van der Waals surface area contributed by atoms with Gasteiger partial charge >= 0.3 is 0 Å². The number of fused-ring (bicyclic) bond motifs is 1. The Labute approximate surface area is 170 Å². The molecule has 1 aliphatic heterocycles. The van der Waals surface area contributed by atoms with Gasteiger partial charge in [-0.15, -0.1) is 0 Å². The first-order chi connectivity index (χ1) is 14.2. The summed E-state index contributed by atoms with van der Waals surface area (Å²) in [6.45, 7) is 2.96. The van der Waals surface area contributed by atoms with Gasteiger partial charge in [-0.25, -0.2) is 4.98 Å². The first kappa shape index (κ1) is 19.4. The summed E-state index contributed by atoms with van der Waals surface area (Å²) in [5.41, 5.74) is 5.34. The third-order valence-electron chi connectivity index (χ3n) is 5.39. The second kappa shape index (κ2) is 8.59. The third kappa shape index (κ3) is 4.23. The number of hydrogen-bond acceptors (Lipinski definition) is 4. The van der Waals surface area contributed by atoms with Crippen LogP contribution < -0.4 is 5.32 Å². The van der Waals surface area contributed by atoms with Crippen molar-refractivity contribution < 1.29 is 9.90 Å². The van der Waals surface area contributed by atoms with Gasteiger partial charge in [0.05, 0.1) is 6.61 Å². The van der Waals surface area contributed by atoms with Crippen molar-refractivity contribution in [1.82, 2.24) is 19.8 Å². The van der Waals surface area contributed by atoms with E-state index in [1.54, 1.807) is 0 Å². The van der Waals surface area contributed by atoms with Crippen molar-refractivity contribution in [3.05, 3.63) is 71.6 Å². The molecule has 3 heterocycles. The zero-order valence-corrected chi connectivity index (χ0v) is 16.6. The highest BCUT2D eigenvalue weighted by Crippen LogP contribution is 2.29. The molecule has 0 aliphatic carbocycles. The van der Waals surface area contributed by atoms with Gasteiger partial charge in [0.1, 0.15) is 5.65 Å². The lowest BCUT2D eigenvalue weighted by atomic mass is 9.98. The molecule has 0 unspecified atom stereocenters. The second-order valence-electron chi connectivity index (χ2n) is 7.46. The predicted molar refractivity (Wildman–Crippen MR) is 115 cm³/mol. The molecule has 4 rings (SSSR count). The molecular formula is C23H26N4O2. The summed E-state index contributed by atoms with van der Waals surface area (Å²) >= 11 is 0. The number of rotatable bonds is 6. The number of aliphatic hydroxyl groups is 1. The van der Waals surface area contributed by atoms with Gasteiger partial charge in [0, 0.05) is 49.5 Å². The van der Waals surface area contributed by atoms with Crippen LogP contribution in [0.3, 0.4) is 0 Å². The highest BCUT2D eigenvalue weighted by molar-refractivity contribution is 5.94. The molecule has 1 aromatic carbocycles. The molecule has 0 spiro atoms.